The van der Waals surface area contributed by atoms with E-state index in [1.165, 1.54) is 8.99 Å². The number of sulfonamides is 1. The largest absolute Gasteiger partial charge is 0.494 e. The number of benzene rings is 1. The van der Waals surface area contributed by atoms with Crippen LogP contribution in [0.3, 0.4) is 0 Å². The summed E-state index contributed by atoms with van der Waals surface area (Å²) in [7, 11) is -3.65. The topological polar surface area (TPSA) is 81.5 Å². The van der Waals surface area contributed by atoms with Gasteiger partial charge in [0.1, 0.15) is 10.6 Å². The van der Waals surface area contributed by atoms with Crippen LogP contribution in [0.15, 0.2) is 29.2 Å². The van der Waals surface area contributed by atoms with Gasteiger partial charge in [0.2, 0.25) is 10.0 Å². The summed E-state index contributed by atoms with van der Waals surface area (Å²) in [6.45, 7) is 6.72. The molecule has 1 aliphatic heterocycles. The summed E-state index contributed by atoms with van der Waals surface area (Å²) in [5.74, 6) is 0.314. The number of hydrogen-bond acceptors (Lipinski definition) is 5. The smallest absolute Gasteiger partial charge is 0.278 e. The molecule has 1 aromatic heterocycles. The van der Waals surface area contributed by atoms with E-state index in [0.29, 0.717) is 42.4 Å². The molecule has 27 heavy (non-hydrogen) atoms. The highest BCUT2D eigenvalue weighted by Crippen LogP contribution is 2.26. The van der Waals surface area contributed by atoms with Gasteiger partial charge in [0.15, 0.2) is 0 Å². The Morgan fingerprint density at radius 3 is 2.33 bits per heavy atom. The summed E-state index contributed by atoms with van der Waals surface area (Å²) in [4.78, 5) is 13.0. The number of aryl methyl sites for hydroxylation is 1. The molecule has 0 bridgehead atoms. The molecular weight excluding hydrogens is 366 g/mol. The van der Waals surface area contributed by atoms with E-state index >= 15 is 0 Å². The number of carbonyl (C=O) groups is 1. The van der Waals surface area contributed by atoms with Gasteiger partial charge >= 0.3 is 0 Å². The molecule has 0 N–H and O–H groups in total. The number of nitrogens with zero attached hydrogens (tertiary/aromatic N) is 3. The normalized spacial score (nSPS) is 15.7. The molecule has 0 spiro atoms. The van der Waals surface area contributed by atoms with Crippen LogP contribution in [0.4, 0.5) is 0 Å². The molecule has 1 fully saturated rings. The van der Waals surface area contributed by atoms with Crippen molar-refractivity contribution in [3.05, 3.63) is 41.2 Å². The molecule has 7 nitrogen and oxygen atoms in total. The van der Waals surface area contributed by atoms with Crippen molar-refractivity contribution >= 4 is 15.9 Å². The number of ether oxygens (including phenoxy) is 1. The van der Waals surface area contributed by atoms with Gasteiger partial charge in [-0.1, -0.05) is 6.42 Å². The van der Waals surface area contributed by atoms with Crippen molar-refractivity contribution < 1.29 is 17.9 Å². The Balaban J connectivity index is 1.94. The van der Waals surface area contributed by atoms with Crippen LogP contribution in [0, 0.1) is 13.8 Å². The Morgan fingerprint density at radius 1 is 1.11 bits per heavy atom. The van der Waals surface area contributed by atoms with Gasteiger partial charge in [0.25, 0.3) is 5.91 Å². The lowest BCUT2D eigenvalue weighted by molar-refractivity contribution is 0.0942. The fraction of sp³-hybridized carbons (Fsp3) is 0.474. The lowest BCUT2D eigenvalue weighted by Gasteiger charge is -2.25. The number of hydrogen-bond donors (Lipinski definition) is 0. The molecule has 0 aliphatic carbocycles. The maximum absolute atomic E-state index is 13.1. The fourth-order valence-electron chi connectivity index (χ4n) is 3.42. The van der Waals surface area contributed by atoms with Gasteiger partial charge in [0, 0.05) is 18.7 Å². The lowest BCUT2D eigenvalue weighted by atomic mass is 10.2. The van der Waals surface area contributed by atoms with Crippen molar-refractivity contribution in [1.29, 1.82) is 0 Å². The lowest BCUT2D eigenvalue weighted by Crippen LogP contribution is -2.36. The van der Waals surface area contributed by atoms with Crippen LogP contribution in [0.25, 0.3) is 0 Å². The van der Waals surface area contributed by atoms with E-state index in [-0.39, 0.29) is 10.8 Å². The molecule has 2 aromatic rings. The zero-order valence-corrected chi connectivity index (χ0v) is 16.8. The van der Waals surface area contributed by atoms with E-state index in [0.717, 1.165) is 19.3 Å². The minimum absolute atomic E-state index is 0.142. The van der Waals surface area contributed by atoms with Gasteiger partial charge in [-0.25, -0.2) is 8.42 Å². The van der Waals surface area contributed by atoms with E-state index in [9.17, 15) is 13.2 Å². The summed E-state index contributed by atoms with van der Waals surface area (Å²) in [6.07, 6.45) is 2.76. The van der Waals surface area contributed by atoms with Gasteiger partial charge in [-0.05, 0) is 57.9 Å². The molecule has 0 unspecified atom stereocenters. The molecule has 1 saturated heterocycles. The minimum Gasteiger partial charge on any atom is -0.494 e. The molecule has 3 rings (SSSR count). The van der Waals surface area contributed by atoms with Crippen LogP contribution in [0.1, 0.15) is 47.9 Å². The summed E-state index contributed by atoms with van der Waals surface area (Å²) in [6, 6.07) is 6.74. The number of rotatable bonds is 5. The third-order valence-electron chi connectivity index (χ3n) is 4.74. The van der Waals surface area contributed by atoms with Crippen molar-refractivity contribution in [3.63, 3.8) is 0 Å². The second kappa shape index (κ2) is 7.82. The van der Waals surface area contributed by atoms with Crippen molar-refractivity contribution in [1.82, 2.24) is 14.1 Å². The first kappa shape index (κ1) is 19.6. The molecule has 0 radical (unpaired) electrons. The van der Waals surface area contributed by atoms with Gasteiger partial charge in [-0.15, -0.1) is 0 Å². The zero-order valence-electron chi connectivity index (χ0n) is 15.9. The highest BCUT2D eigenvalue weighted by molar-refractivity contribution is 7.89. The molecule has 0 amide bonds. The SMILES string of the molecule is CCOc1ccc(C(=O)n2nc(C)c(S(=O)(=O)N3CCCCC3)c2C)cc1. The van der Waals surface area contributed by atoms with Crippen LogP contribution >= 0.6 is 0 Å². The summed E-state index contributed by atoms with van der Waals surface area (Å²) < 4.78 is 34.2. The number of aromatic nitrogens is 2. The second-order valence-electron chi connectivity index (χ2n) is 6.64. The van der Waals surface area contributed by atoms with E-state index in [4.69, 9.17) is 4.74 Å². The minimum atomic E-state index is -3.65. The second-order valence-corrected chi connectivity index (χ2v) is 8.51. The maximum atomic E-state index is 13.1. The fourth-order valence-corrected chi connectivity index (χ4v) is 5.29. The summed E-state index contributed by atoms with van der Waals surface area (Å²) >= 11 is 0. The van der Waals surface area contributed by atoms with Gasteiger partial charge in [-0.2, -0.15) is 14.1 Å². The molecule has 0 saturated carbocycles. The van der Waals surface area contributed by atoms with Crippen molar-refractivity contribution in [2.75, 3.05) is 19.7 Å². The number of piperidine rings is 1. The van der Waals surface area contributed by atoms with Crippen molar-refractivity contribution in [3.8, 4) is 5.75 Å². The maximum Gasteiger partial charge on any atom is 0.278 e. The average molecular weight is 391 g/mol. The van der Waals surface area contributed by atoms with Crippen LogP contribution in [-0.4, -0.2) is 48.1 Å². The molecule has 1 aromatic carbocycles. The van der Waals surface area contributed by atoms with Crippen LogP contribution < -0.4 is 4.74 Å². The van der Waals surface area contributed by atoms with E-state index in [2.05, 4.69) is 5.10 Å². The van der Waals surface area contributed by atoms with Gasteiger partial charge in [0.05, 0.1) is 18.0 Å². The Labute approximate surface area is 160 Å². The Kier molecular flexibility index (Phi) is 5.67. The molecule has 1 aliphatic rings. The highest BCUT2D eigenvalue weighted by Gasteiger charge is 2.32. The zero-order chi connectivity index (χ0) is 19.6. The third-order valence-corrected chi connectivity index (χ3v) is 6.89. The Bertz CT molecular complexity index is 927. The van der Waals surface area contributed by atoms with Crippen LogP contribution in [-0.2, 0) is 10.0 Å². The van der Waals surface area contributed by atoms with Crippen molar-refractivity contribution in [2.24, 2.45) is 0 Å². The standard InChI is InChI=1S/C19H25N3O4S/c1-4-26-17-10-8-16(9-11-17)19(23)22-15(3)18(14(2)20-22)27(24,25)21-12-6-5-7-13-21/h8-11H,4-7,12-13H2,1-3H3. The quantitative estimate of drug-likeness (QED) is 0.783. The average Bonchev–Trinajstić information content (AvgIpc) is 2.97. The summed E-state index contributed by atoms with van der Waals surface area (Å²) in [5.41, 5.74) is 1.11. The van der Waals surface area contributed by atoms with Gasteiger partial charge in [-0.3, -0.25) is 4.79 Å². The molecule has 8 heteroatoms. The predicted molar refractivity (Wildman–Crippen MR) is 102 cm³/mol. The summed E-state index contributed by atoms with van der Waals surface area (Å²) in [5, 5.41) is 4.24. The number of carbonyl (C=O) groups excluding carboxylic acids is 1. The first-order valence-electron chi connectivity index (χ1n) is 9.20. The highest BCUT2D eigenvalue weighted by atomic mass is 32.2. The van der Waals surface area contributed by atoms with Crippen LogP contribution in [0.5, 0.6) is 5.75 Å². The van der Waals surface area contributed by atoms with Crippen molar-refractivity contribution in [2.45, 2.75) is 44.9 Å². The molecular formula is C19H25N3O4S. The molecule has 2 heterocycles. The van der Waals surface area contributed by atoms with Crippen LogP contribution in [0.2, 0.25) is 0 Å². The van der Waals surface area contributed by atoms with E-state index in [1.807, 2.05) is 6.92 Å². The van der Waals surface area contributed by atoms with Gasteiger partial charge < -0.3 is 4.74 Å². The monoisotopic (exact) mass is 391 g/mol. The first-order chi connectivity index (χ1) is 12.9. The van der Waals surface area contributed by atoms with E-state index in [1.54, 1.807) is 38.1 Å². The molecule has 0 atom stereocenters. The Morgan fingerprint density at radius 2 is 1.74 bits per heavy atom. The first-order valence-corrected chi connectivity index (χ1v) is 10.6. The third kappa shape index (κ3) is 3.77. The van der Waals surface area contributed by atoms with E-state index < -0.39 is 10.0 Å². The molecule has 146 valence electrons. The Hall–Kier alpha value is -2.19. The predicted octanol–water partition coefficient (Wildman–Crippen LogP) is 2.76.